The zero-order chi connectivity index (χ0) is 16.2. The first kappa shape index (κ1) is 15.6. The number of rotatable bonds is 3. The van der Waals surface area contributed by atoms with Gasteiger partial charge in [0, 0.05) is 5.02 Å². The van der Waals surface area contributed by atoms with E-state index in [1.54, 1.807) is 19.2 Å². The third-order valence-electron chi connectivity index (χ3n) is 3.12. The molecule has 116 valence electrons. The lowest BCUT2D eigenvalue weighted by Crippen LogP contribution is -2.19. The molecule has 1 aliphatic rings. The molecular weight excluding hydrogens is 332 g/mol. The summed E-state index contributed by atoms with van der Waals surface area (Å²) in [5.41, 5.74) is 1.67. The first-order valence-corrected chi connectivity index (χ1v) is 8.03. The molecule has 1 heterocycles. The summed E-state index contributed by atoms with van der Waals surface area (Å²) in [6.07, 6.45) is 1.81. The fraction of sp³-hybridized carbons (Fsp3) is 0.0588. The summed E-state index contributed by atoms with van der Waals surface area (Å²) in [4.78, 5) is 17.0. The number of halogens is 1. The molecule has 1 N–H and O–H groups in total. The van der Waals surface area contributed by atoms with Crippen molar-refractivity contribution in [2.75, 3.05) is 7.11 Å². The van der Waals surface area contributed by atoms with Crippen LogP contribution in [0.4, 0.5) is 5.69 Å². The highest BCUT2D eigenvalue weighted by molar-refractivity contribution is 8.18. The first-order valence-electron chi connectivity index (χ1n) is 6.83. The number of benzene rings is 2. The fourth-order valence-corrected chi connectivity index (χ4v) is 2.93. The maximum absolute atomic E-state index is 12.0. The van der Waals surface area contributed by atoms with Crippen LogP contribution < -0.4 is 10.1 Å². The Hall–Kier alpha value is -2.24. The van der Waals surface area contributed by atoms with E-state index in [1.807, 2.05) is 42.5 Å². The van der Waals surface area contributed by atoms with E-state index in [0.29, 0.717) is 15.1 Å². The van der Waals surface area contributed by atoms with E-state index in [0.717, 1.165) is 17.0 Å². The molecule has 3 rings (SSSR count). The predicted molar refractivity (Wildman–Crippen MR) is 95.3 cm³/mol. The normalized spacial score (nSPS) is 17.6. The molecule has 0 radical (unpaired) electrons. The molecule has 2 aromatic carbocycles. The number of ether oxygens (including phenoxy) is 1. The van der Waals surface area contributed by atoms with Gasteiger partial charge in [-0.3, -0.25) is 4.79 Å². The van der Waals surface area contributed by atoms with Crippen molar-refractivity contribution in [1.29, 1.82) is 0 Å². The van der Waals surface area contributed by atoms with Crippen LogP contribution in [0.15, 0.2) is 58.4 Å². The molecule has 1 amide bonds. The van der Waals surface area contributed by atoms with E-state index in [9.17, 15) is 4.79 Å². The van der Waals surface area contributed by atoms with Gasteiger partial charge in [-0.25, -0.2) is 4.99 Å². The molecule has 0 bridgehead atoms. The summed E-state index contributed by atoms with van der Waals surface area (Å²) < 4.78 is 5.11. The molecule has 1 fully saturated rings. The van der Waals surface area contributed by atoms with Crippen LogP contribution in [0.25, 0.3) is 6.08 Å². The lowest BCUT2D eigenvalue weighted by Gasteiger charge is -1.99. The van der Waals surface area contributed by atoms with Gasteiger partial charge in [-0.2, -0.15) is 0 Å². The van der Waals surface area contributed by atoms with Crippen LogP contribution in [0.1, 0.15) is 5.56 Å². The molecule has 0 saturated carbocycles. The maximum atomic E-state index is 12.0. The van der Waals surface area contributed by atoms with Gasteiger partial charge in [-0.15, -0.1) is 0 Å². The van der Waals surface area contributed by atoms with Gasteiger partial charge in [0.25, 0.3) is 5.91 Å². The van der Waals surface area contributed by atoms with Crippen LogP contribution in [0.2, 0.25) is 5.02 Å². The number of amides is 1. The number of carbonyl (C=O) groups is 1. The third-order valence-corrected chi connectivity index (χ3v) is 4.28. The van der Waals surface area contributed by atoms with Crippen LogP contribution in [0.5, 0.6) is 5.75 Å². The van der Waals surface area contributed by atoms with Crippen LogP contribution in [-0.2, 0) is 4.79 Å². The summed E-state index contributed by atoms with van der Waals surface area (Å²) in [5, 5.41) is 3.98. The minimum atomic E-state index is -0.155. The van der Waals surface area contributed by atoms with E-state index in [1.165, 1.54) is 11.8 Å². The van der Waals surface area contributed by atoms with Gasteiger partial charge in [0.05, 0.1) is 17.7 Å². The van der Waals surface area contributed by atoms with Gasteiger partial charge >= 0.3 is 0 Å². The smallest absolute Gasteiger partial charge is 0.264 e. The number of hydrogen-bond donors (Lipinski definition) is 1. The van der Waals surface area contributed by atoms with Gasteiger partial charge < -0.3 is 10.1 Å². The zero-order valence-corrected chi connectivity index (χ0v) is 13.8. The van der Waals surface area contributed by atoms with E-state index in [-0.39, 0.29) is 5.91 Å². The van der Waals surface area contributed by atoms with Crippen molar-refractivity contribution in [1.82, 2.24) is 5.32 Å². The minimum absolute atomic E-state index is 0.155. The van der Waals surface area contributed by atoms with Crippen molar-refractivity contribution in [3.8, 4) is 5.75 Å². The van der Waals surface area contributed by atoms with Gasteiger partial charge in [0.1, 0.15) is 5.75 Å². The van der Waals surface area contributed by atoms with Gasteiger partial charge in [-0.1, -0.05) is 23.7 Å². The average Bonchev–Trinajstić information content (AvgIpc) is 2.90. The second kappa shape index (κ2) is 6.89. The lowest BCUT2D eigenvalue weighted by atomic mass is 10.2. The number of thioether (sulfide) groups is 1. The Balaban J connectivity index is 1.78. The Morgan fingerprint density at radius 2 is 1.83 bits per heavy atom. The summed E-state index contributed by atoms with van der Waals surface area (Å²) in [7, 11) is 1.61. The van der Waals surface area contributed by atoms with Crippen molar-refractivity contribution < 1.29 is 9.53 Å². The molecular formula is C17H13ClN2O2S. The standard InChI is InChI=1S/C17H13ClN2O2S/c1-22-14-8-6-13(7-9-14)19-17-20-16(21)15(23-17)10-11-2-4-12(18)5-3-11/h2-10H,1H3,(H,19,20,21)/b15-10-. The van der Waals surface area contributed by atoms with Gasteiger partial charge in [0.2, 0.25) is 0 Å². The highest BCUT2D eigenvalue weighted by Crippen LogP contribution is 2.28. The van der Waals surface area contributed by atoms with E-state index in [2.05, 4.69) is 10.3 Å². The zero-order valence-electron chi connectivity index (χ0n) is 12.2. The topological polar surface area (TPSA) is 50.7 Å². The molecule has 4 nitrogen and oxygen atoms in total. The van der Waals surface area contributed by atoms with Crippen LogP contribution in [0.3, 0.4) is 0 Å². The number of nitrogens with one attached hydrogen (secondary N) is 1. The number of amidine groups is 1. The molecule has 0 aromatic heterocycles. The van der Waals surface area contributed by atoms with Crippen molar-refractivity contribution in [2.45, 2.75) is 0 Å². The molecule has 2 aromatic rings. The van der Waals surface area contributed by atoms with Crippen LogP contribution in [-0.4, -0.2) is 18.2 Å². The summed E-state index contributed by atoms with van der Waals surface area (Å²) in [5.74, 6) is 0.609. The van der Waals surface area contributed by atoms with Crippen LogP contribution >= 0.6 is 23.4 Å². The number of carbonyl (C=O) groups excluding carboxylic acids is 1. The van der Waals surface area contributed by atoms with E-state index < -0.39 is 0 Å². The first-order chi connectivity index (χ1) is 11.1. The van der Waals surface area contributed by atoms with Crippen molar-refractivity contribution in [2.24, 2.45) is 4.99 Å². The third kappa shape index (κ3) is 3.94. The molecule has 0 aliphatic carbocycles. The molecule has 0 spiro atoms. The Labute approximate surface area is 143 Å². The molecule has 23 heavy (non-hydrogen) atoms. The lowest BCUT2D eigenvalue weighted by molar-refractivity contribution is -0.115. The largest absolute Gasteiger partial charge is 0.497 e. The fourth-order valence-electron chi connectivity index (χ4n) is 1.96. The number of nitrogens with zero attached hydrogens (tertiary/aromatic N) is 1. The monoisotopic (exact) mass is 344 g/mol. The highest BCUT2D eigenvalue weighted by Gasteiger charge is 2.23. The van der Waals surface area contributed by atoms with Crippen molar-refractivity contribution in [3.63, 3.8) is 0 Å². The Kier molecular flexibility index (Phi) is 4.69. The summed E-state index contributed by atoms with van der Waals surface area (Å²) >= 11 is 7.17. The molecule has 0 atom stereocenters. The van der Waals surface area contributed by atoms with E-state index >= 15 is 0 Å². The second-order valence-corrected chi connectivity index (χ2v) is 6.20. The van der Waals surface area contributed by atoms with Crippen molar-refractivity contribution in [3.05, 3.63) is 64.0 Å². The number of methoxy groups -OCH3 is 1. The quantitative estimate of drug-likeness (QED) is 0.847. The van der Waals surface area contributed by atoms with E-state index in [4.69, 9.17) is 16.3 Å². The Bertz CT molecular complexity index is 783. The second-order valence-electron chi connectivity index (χ2n) is 4.73. The summed E-state index contributed by atoms with van der Waals surface area (Å²) in [6, 6.07) is 14.6. The predicted octanol–water partition coefficient (Wildman–Crippen LogP) is 4.24. The highest BCUT2D eigenvalue weighted by atomic mass is 35.5. The molecule has 1 aliphatic heterocycles. The van der Waals surface area contributed by atoms with Gasteiger partial charge in [-0.05, 0) is 59.8 Å². The van der Waals surface area contributed by atoms with Crippen LogP contribution in [0, 0.1) is 0 Å². The summed E-state index contributed by atoms with van der Waals surface area (Å²) in [6.45, 7) is 0. The Morgan fingerprint density at radius 1 is 1.13 bits per heavy atom. The maximum Gasteiger partial charge on any atom is 0.264 e. The van der Waals surface area contributed by atoms with Crippen molar-refractivity contribution >= 4 is 46.2 Å². The minimum Gasteiger partial charge on any atom is -0.497 e. The average molecular weight is 345 g/mol. The SMILES string of the molecule is COc1ccc(N=C2NC(=O)/C(=C/c3ccc(Cl)cc3)S2)cc1. The molecule has 6 heteroatoms. The Morgan fingerprint density at radius 3 is 2.48 bits per heavy atom. The van der Waals surface area contributed by atoms with Gasteiger partial charge in [0.15, 0.2) is 5.17 Å². The number of hydrogen-bond acceptors (Lipinski definition) is 4. The molecule has 0 unspecified atom stereocenters. The number of aliphatic imine (C=N–C) groups is 1. The molecule has 1 saturated heterocycles.